The maximum atomic E-state index is 12.0. The van der Waals surface area contributed by atoms with Crippen molar-refractivity contribution in [1.29, 1.82) is 0 Å². The van der Waals surface area contributed by atoms with Gasteiger partial charge >= 0.3 is 5.97 Å². The second-order valence-electron chi connectivity index (χ2n) is 4.88. The van der Waals surface area contributed by atoms with E-state index >= 15 is 0 Å². The Bertz CT molecular complexity index is 705. The van der Waals surface area contributed by atoms with Crippen LogP contribution in [0.25, 0.3) is 10.4 Å². The highest BCUT2D eigenvalue weighted by molar-refractivity contribution is 7.18. The van der Waals surface area contributed by atoms with Crippen LogP contribution in [0, 0.1) is 0 Å². The smallest absolute Gasteiger partial charge is 0.350 e. The predicted octanol–water partition coefficient (Wildman–Crippen LogP) is 4.47. The number of benzene rings is 1. The monoisotopic (exact) mass is 336 g/mol. The van der Waals surface area contributed by atoms with E-state index in [1.54, 1.807) is 0 Å². The van der Waals surface area contributed by atoms with Gasteiger partial charge in [0.05, 0.1) is 12.8 Å². The molecule has 6 heteroatoms. The third kappa shape index (κ3) is 3.67. The van der Waals surface area contributed by atoms with Gasteiger partial charge in [-0.25, -0.2) is 9.79 Å². The van der Waals surface area contributed by atoms with E-state index in [0.717, 1.165) is 16.3 Å². The van der Waals surface area contributed by atoms with Crippen molar-refractivity contribution in [3.05, 3.63) is 40.2 Å². The number of carbonyl (C=O) groups excluding carboxylic acids is 1. The Morgan fingerprint density at radius 3 is 2.45 bits per heavy atom. The minimum Gasteiger partial charge on any atom is -0.465 e. The molecule has 0 N–H and O–H groups in total. The van der Waals surface area contributed by atoms with Crippen LogP contribution in [0.4, 0.5) is 5.69 Å². The minimum atomic E-state index is -0.379. The number of esters is 1. The van der Waals surface area contributed by atoms with Gasteiger partial charge in [0.15, 0.2) is 0 Å². The summed E-state index contributed by atoms with van der Waals surface area (Å²) in [5.41, 5.74) is 1.61. The highest BCUT2D eigenvalue weighted by Crippen LogP contribution is 2.37. The van der Waals surface area contributed by atoms with E-state index in [2.05, 4.69) is 4.99 Å². The van der Waals surface area contributed by atoms with Crippen LogP contribution >= 0.6 is 22.9 Å². The summed E-state index contributed by atoms with van der Waals surface area (Å²) >= 11 is 7.28. The van der Waals surface area contributed by atoms with Gasteiger partial charge in [0.25, 0.3) is 0 Å². The fraction of sp³-hybridized carbons (Fsp3) is 0.250. The molecule has 0 aliphatic carbocycles. The SMILES string of the molecule is COC(=O)c1sc(-c2ccc(Cl)cc2)cc1/N=C(\C)N(C)C. The summed E-state index contributed by atoms with van der Waals surface area (Å²) in [5.74, 6) is 0.432. The molecule has 2 rings (SSSR count). The van der Waals surface area contributed by atoms with E-state index in [9.17, 15) is 4.79 Å². The maximum absolute atomic E-state index is 12.0. The van der Waals surface area contributed by atoms with E-state index in [0.29, 0.717) is 15.6 Å². The molecule has 1 aromatic carbocycles. The van der Waals surface area contributed by atoms with Crippen molar-refractivity contribution < 1.29 is 9.53 Å². The first kappa shape index (κ1) is 16.5. The largest absolute Gasteiger partial charge is 0.465 e. The molecule has 22 heavy (non-hydrogen) atoms. The molecule has 0 bridgehead atoms. The van der Waals surface area contributed by atoms with Crippen LogP contribution in [-0.2, 0) is 4.74 Å². The summed E-state index contributed by atoms with van der Waals surface area (Å²) in [7, 11) is 5.18. The number of halogens is 1. The van der Waals surface area contributed by atoms with Crippen molar-refractivity contribution in [2.45, 2.75) is 6.92 Å². The molecule has 0 radical (unpaired) electrons. The first-order valence-corrected chi connectivity index (χ1v) is 7.82. The zero-order valence-corrected chi connectivity index (χ0v) is 14.5. The van der Waals surface area contributed by atoms with Gasteiger partial charge in [-0.2, -0.15) is 0 Å². The Labute approximate surface area is 139 Å². The topological polar surface area (TPSA) is 41.9 Å². The van der Waals surface area contributed by atoms with Crippen molar-refractivity contribution >= 4 is 40.4 Å². The predicted molar refractivity (Wildman–Crippen MR) is 92.6 cm³/mol. The summed E-state index contributed by atoms with van der Waals surface area (Å²) in [4.78, 5) is 19.8. The van der Waals surface area contributed by atoms with Gasteiger partial charge < -0.3 is 9.64 Å². The Kier molecular flexibility index (Phi) is 5.21. The number of ether oxygens (including phenoxy) is 1. The second kappa shape index (κ2) is 6.94. The van der Waals surface area contributed by atoms with Crippen LogP contribution in [0.15, 0.2) is 35.3 Å². The van der Waals surface area contributed by atoms with Crippen molar-refractivity contribution in [1.82, 2.24) is 4.90 Å². The van der Waals surface area contributed by atoms with Gasteiger partial charge in [-0.1, -0.05) is 23.7 Å². The van der Waals surface area contributed by atoms with Crippen LogP contribution in [0.3, 0.4) is 0 Å². The van der Waals surface area contributed by atoms with Crippen molar-refractivity contribution in [2.24, 2.45) is 4.99 Å². The van der Waals surface area contributed by atoms with Gasteiger partial charge in [-0.05, 0) is 30.7 Å². The average Bonchev–Trinajstić information content (AvgIpc) is 2.90. The van der Waals surface area contributed by atoms with Crippen LogP contribution in [0.2, 0.25) is 5.02 Å². The van der Waals surface area contributed by atoms with Gasteiger partial charge in [-0.15, -0.1) is 11.3 Å². The number of nitrogens with zero attached hydrogens (tertiary/aromatic N) is 2. The molecule has 0 amide bonds. The van der Waals surface area contributed by atoms with E-state index < -0.39 is 0 Å². The fourth-order valence-electron chi connectivity index (χ4n) is 1.73. The van der Waals surface area contributed by atoms with Gasteiger partial charge in [-0.3, -0.25) is 0 Å². The molecule has 0 spiro atoms. The molecule has 0 atom stereocenters. The van der Waals surface area contributed by atoms with Crippen molar-refractivity contribution in [3.8, 4) is 10.4 Å². The number of hydrogen-bond donors (Lipinski definition) is 0. The summed E-state index contributed by atoms with van der Waals surface area (Å²) in [6.45, 7) is 1.89. The van der Waals surface area contributed by atoms with Gasteiger partial charge in [0, 0.05) is 24.0 Å². The van der Waals surface area contributed by atoms with E-state index in [1.165, 1.54) is 18.4 Å². The van der Waals surface area contributed by atoms with Crippen LogP contribution in [0.5, 0.6) is 0 Å². The molecule has 0 saturated heterocycles. The number of rotatable bonds is 3. The number of methoxy groups -OCH3 is 1. The quantitative estimate of drug-likeness (QED) is 0.472. The number of carbonyl (C=O) groups is 1. The van der Waals surface area contributed by atoms with Gasteiger partial charge in [0.2, 0.25) is 0 Å². The third-order valence-corrected chi connectivity index (χ3v) is 4.55. The fourth-order valence-corrected chi connectivity index (χ4v) is 2.88. The second-order valence-corrected chi connectivity index (χ2v) is 6.37. The molecule has 0 aliphatic heterocycles. The van der Waals surface area contributed by atoms with Crippen LogP contribution < -0.4 is 0 Å². The van der Waals surface area contributed by atoms with E-state index in [1.807, 2.05) is 56.3 Å². The zero-order valence-electron chi connectivity index (χ0n) is 12.9. The molecular formula is C16H17ClN2O2S. The third-order valence-electron chi connectivity index (χ3n) is 3.14. The summed E-state index contributed by atoms with van der Waals surface area (Å²) in [6.07, 6.45) is 0. The maximum Gasteiger partial charge on any atom is 0.350 e. The molecule has 1 heterocycles. The normalized spacial score (nSPS) is 11.4. The minimum absolute atomic E-state index is 0.379. The Balaban J connectivity index is 2.50. The molecule has 1 aromatic heterocycles. The first-order valence-electron chi connectivity index (χ1n) is 6.63. The lowest BCUT2D eigenvalue weighted by Crippen LogP contribution is -2.17. The first-order chi connectivity index (χ1) is 10.4. The Morgan fingerprint density at radius 1 is 1.27 bits per heavy atom. The molecular weight excluding hydrogens is 320 g/mol. The standard InChI is InChI=1S/C16H17ClN2O2S/c1-10(19(2)3)18-13-9-14(22-15(13)16(20)21-4)11-5-7-12(17)8-6-11/h5-9H,1-4H3/b18-10+. The van der Waals surface area contributed by atoms with Crippen molar-refractivity contribution in [2.75, 3.05) is 21.2 Å². The summed E-state index contributed by atoms with van der Waals surface area (Å²) < 4.78 is 4.85. The number of hydrogen-bond acceptors (Lipinski definition) is 4. The van der Waals surface area contributed by atoms with E-state index in [-0.39, 0.29) is 5.97 Å². The number of aliphatic imine (C=N–C) groups is 1. The van der Waals surface area contributed by atoms with Crippen LogP contribution in [0.1, 0.15) is 16.6 Å². The lowest BCUT2D eigenvalue weighted by atomic mass is 10.2. The Hall–Kier alpha value is -1.85. The van der Waals surface area contributed by atoms with E-state index in [4.69, 9.17) is 16.3 Å². The molecule has 0 aliphatic rings. The lowest BCUT2D eigenvalue weighted by Gasteiger charge is -2.10. The van der Waals surface area contributed by atoms with Crippen LogP contribution in [-0.4, -0.2) is 37.9 Å². The lowest BCUT2D eigenvalue weighted by molar-refractivity contribution is 0.0607. The summed E-state index contributed by atoms with van der Waals surface area (Å²) in [6, 6.07) is 9.38. The molecule has 2 aromatic rings. The van der Waals surface area contributed by atoms with Crippen molar-refractivity contribution in [3.63, 3.8) is 0 Å². The molecule has 0 fully saturated rings. The molecule has 0 saturated carbocycles. The number of thiophene rings is 1. The average molecular weight is 337 g/mol. The molecule has 116 valence electrons. The molecule has 0 unspecified atom stereocenters. The molecule has 4 nitrogen and oxygen atoms in total. The number of amidine groups is 1. The highest BCUT2D eigenvalue weighted by Gasteiger charge is 2.18. The van der Waals surface area contributed by atoms with Gasteiger partial charge in [0.1, 0.15) is 10.7 Å². The summed E-state index contributed by atoms with van der Waals surface area (Å²) in [5, 5.41) is 0.676. The Morgan fingerprint density at radius 2 is 1.91 bits per heavy atom. The highest BCUT2D eigenvalue weighted by atomic mass is 35.5. The zero-order chi connectivity index (χ0) is 16.3.